The van der Waals surface area contributed by atoms with Crippen molar-refractivity contribution in [2.45, 2.75) is 32.2 Å². The van der Waals surface area contributed by atoms with E-state index < -0.39 is 6.03 Å². The van der Waals surface area contributed by atoms with Crippen molar-refractivity contribution >= 4 is 29.2 Å². The van der Waals surface area contributed by atoms with Crippen molar-refractivity contribution in [2.75, 3.05) is 23.3 Å². The molecule has 2 fully saturated rings. The van der Waals surface area contributed by atoms with Gasteiger partial charge in [0.15, 0.2) is 0 Å². The number of imide groups is 1. The number of nitrogens with one attached hydrogen (secondary N) is 3. The lowest BCUT2D eigenvalue weighted by Crippen LogP contribution is -2.49. The topological polar surface area (TPSA) is 90.5 Å². The van der Waals surface area contributed by atoms with Crippen LogP contribution in [0.25, 0.3) is 0 Å². The first-order valence-electron chi connectivity index (χ1n) is 8.11. The van der Waals surface area contributed by atoms with Gasteiger partial charge in [0, 0.05) is 36.4 Å². The van der Waals surface area contributed by atoms with Crippen LogP contribution in [-0.2, 0) is 9.59 Å². The first kappa shape index (κ1) is 16.4. The van der Waals surface area contributed by atoms with Gasteiger partial charge in [0.05, 0.1) is 5.92 Å². The summed E-state index contributed by atoms with van der Waals surface area (Å²) in [7, 11) is 0. The van der Waals surface area contributed by atoms with Gasteiger partial charge in [-0.05, 0) is 44.5 Å². The van der Waals surface area contributed by atoms with E-state index in [9.17, 15) is 14.4 Å². The summed E-state index contributed by atoms with van der Waals surface area (Å²) in [4.78, 5) is 36.8. The molecule has 0 saturated carbocycles. The average Bonchev–Trinajstić information content (AvgIpc) is 2.89. The van der Waals surface area contributed by atoms with Gasteiger partial charge in [-0.2, -0.15) is 0 Å². The third kappa shape index (κ3) is 3.56. The molecule has 24 heavy (non-hydrogen) atoms. The molecule has 0 aromatic heterocycles. The fourth-order valence-corrected chi connectivity index (χ4v) is 3.12. The highest BCUT2D eigenvalue weighted by Crippen LogP contribution is 2.25. The number of carbonyl (C=O) groups is 3. The summed E-state index contributed by atoms with van der Waals surface area (Å²) in [5.74, 6) is -0.297. The average molecular weight is 330 g/mol. The van der Waals surface area contributed by atoms with Gasteiger partial charge in [-0.1, -0.05) is 0 Å². The molecule has 7 nitrogen and oxygen atoms in total. The molecule has 0 bridgehead atoms. The molecular weight excluding hydrogens is 308 g/mol. The molecule has 1 unspecified atom stereocenters. The molecule has 2 saturated heterocycles. The molecule has 1 aromatic rings. The zero-order valence-corrected chi connectivity index (χ0v) is 13.9. The van der Waals surface area contributed by atoms with Crippen molar-refractivity contribution in [1.82, 2.24) is 10.6 Å². The first-order valence-corrected chi connectivity index (χ1v) is 8.11. The van der Waals surface area contributed by atoms with E-state index in [2.05, 4.69) is 29.8 Å². The summed E-state index contributed by atoms with van der Waals surface area (Å²) in [5.41, 5.74) is 1.38. The molecule has 1 aromatic carbocycles. The van der Waals surface area contributed by atoms with Gasteiger partial charge < -0.3 is 10.6 Å². The van der Waals surface area contributed by atoms with Crippen molar-refractivity contribution < 1.29 is 14.4 Å². The molecule has 128 valence electrons. The van der Waals surface area contributed by atoms with E-state index in [1.165, 1.54) is 4.90 Å². The minimum absolute atomic E-state index is 0.00198. The van der Waals surface area contributed by atoms with Crippen LogP contribution in [0.3, 0.4) is 0 Å². The quantitative estimate of drug-likeness (QED) is 0.782. The fourth-order valence-electron chi connectivity index (χ4n) is 3.12. The number of amides is 4. The Bertz CT molecular complexity index is 669. The van der Waals surface area contributed by atoms with Crippen LogP contribution in [0.5, 0.6) is 0 Å². The SMILES string of the molecule is CC1(C)CC(C(=O)Nc2ccc(N3CCC(=O)NC3=O)cc2)CN1. The van der Waals surface area contributed by atoms with Crippen LogP contribution < -0.4 is 20.9 Å². The minimum Gasteiger partial charge on any atom is -0.326 e. The van der Waals surface area contributed by atoms with Gasteiger partial charge in [-0.3, -0.25) is 19.8 Å². The normalized spacial score (nSPS) is 23.1. The van der Waals surface area contributed by atoms with Crippen LogP contribution in [-0.4, -0.2) is 36.5 Å². The predicted molar refractivity (Wildman–Crippen MR) is 90.8 cm³/mol. The lowest BCUT2D eigenvalue weighted by Gasteiger charge is -2.26. The van der Waals surface area contributed by atoms with E-state index >= 15 is 0 Å². The Morgan fingerprint density at radius 3 is 2.54 bits per heavy atom. The van der Waals surface area contributed by atoms with Crippen LogP contribution >= 0.6 is 0 Å². The molecule has 0 spiro atoms. The Labute approximate surface area is 140 Å². The summed E-state index contributed by atoms with van der Waals surface area (Å²) in [6.45, 7) is 5.21. The molecule has 0 aliphatic carbocycles. The Morgan fingerprint density at radius 1 is 1.25 bits per heavy atom. The van der Waals surface area contributed by atoms with Crippen LogP contribution in [0.1, 0.15) is 26.7 Å². The molecule has 0 radical (unpaired) electrons. The number of nitrogens with zero attached hydrogens (tertiary/aromatic N) is 1. The smallest absolute Gasteiger partial charge is 0.326 e. The summed E-state index contributed by atoms with van der Waals surface area (Å²) in [6.07, 6.45) is 1.09. The predicted octanol–water partition coefficient (Wildman–Crippen LogP) is 1.46. The Kier molecular flexibility index (Phi) is 4.28. The second kappa shape index (κ2) is 6.24. The molecule has 3 N–H and O–H groups in total. The molecule has 1 atom stereocenters. The Balaban J connectivity index is 1.62. The fraction of sp³-hybridized carbons (Fsp3) is 0.471. The van der Waals surface area contributed by atoms with Crippen molar-refractivity contribution in [3.05, 3.63) is 24.3 Å². The minimum atomic E-state index is -0.415. The second-order valence-electron chi connectivity index (χ2n) is 6.96. The number of hydrogen-bond acceptors (Lipinski definition) is 4. The third-order valence-electron chi connectivity index (χ3n) is 4.46. The highest BCUT2D eigenvalue weighted by Gasteiger charge is 2.34. The molecule has 7 heteroatoms. The van der Waals surface area contributed by atoms with E-state index in [1.807, 2.05) is 0 Å². The van der Waals surface area contributed by atoms with E-state index in [0.29, 0.717) is 24.5 Å². The third-order valence-corrected chi connectivity index (χ3v) is 4.46. The monoisotopic (exact) mass is 330 g/mol. The molecule has 2 aliphatic heterocycles. The van der Waals surface area contributed by atoms with Crippen molar-refractivity contribution in [3.63, 3.8) is 0 Å². The highest BCUT2D eigenvalue weighted by molar-refractivity contribution is 6.05. The van der Waals surface area contributed by atoms with Crippen LogP contribution in [0.15, 0.2) is 24.3 Å². The summed E-state index contributed by atoms with van der Waals surface area (Å²) < 4.78 is 0. The summed E-state index contributed by atoms with van der Waals surface area (Å²) >= 11 is 0. The van der Waals surface area contributed by atoms with E-state index in [4.69, 9.17) is 0 Å². The van der Waals surface area contributed by atoms with E-state index in [-0.39, 0.29) is 29.7 Å². The Hall–Kier alpha value is -2.41. The van der Waals surface area contributed by atoms with Gasteiger partial charge >= 0.3 is 6.03 Å². The van der Waals surface area contributed by atoms with Crippen molar-refractivity contribution in [1.29, 1.82) is 0 Å². The highest BCUT2D eigenvalue weighted by atomic mass is 16.2. The van der Waals surface area contributed by atoms with E-state index in [0.717, 1.165) is 6.42 Å². The Morgan fingerprint density at radius 2 is 1.96 bits per heavy atom. The van der Waals surface area contributed by atoms with Crippen LogP contribution in [0.2, 0.25) is 0 Å². The van der Waals surface area contributed by atoms with E-state index in [1.54, 1.807) is 24.3 Å². The number of urea groups is 1. The molecule has 4 amide bonds. The molecular formula is C17H22N4O3. The van der Waals surface area contributed by atoms with Crippen LogP contribution in [0.4, 0.5) is 16.2 Å². The summed E-state index contributed by atoms with van der Waals surface area (Å²) in [5, 5.41) is 8.54. The second-order valence-corrected chi connectivity index (χ2v) is 6.96. The molecule has 3 rings (SSSR count). The zero-order chi connectivity index (χ0) is 17.3. The lowest BCUT2D eigenvalue weighted by atomic mass is 9.96. The lowest BCUT2D eigenvalue weighted by molar-refractivity contribution is -0.120. The van der Waals surface area contributed by atoms with Crippen molar-refractivity contribution in [2.24, 2.45) is 5.92 Å². The molecule has 2 aliphatic rings. The number of anilines is 2. The number of rotatable bonds is 3. The number of benzene rings is 1. The van der Waals surface area contributed by atoms with Gasteiger partial charge in [0.1, 0.15) is 0 Å². The number of carbonyl (C=O) groups excluding carboxylic acids is 3. The summed E-state index contributed by atoms with van der Waals surface area (Å²) in [6, 6.07) is 6.65. The number of hydrogen-bond donors (Lipinski definition) is 3. The van der Waals surface area contributed by atoms with Gasteiger partial charge in [0.25, 0.3) is 0 Å². The maximum Gasteiger partial charge on any atom is 0.328 e. The van der Waals surface area contributed by atoms with Gasteiger partial charge in [0.2, 0.25) is 11.8 Å². The van der Waals surface area contributed by atoms with Gasteiger partial charge in [-0.25, -0.2) is 4.79 Å². The maximum absolute atomic E-state index is 12.3. The van der Waals surface area contributed by atoms with Crippen molar-refractivity contribution in [3.8, 4) is 0 Å². The molecule has 2 heterocycles. The van der Waals surface area contributed by atoms with Crippen LogP contribution in [0, 0.1) is 5.92 Å². The zero-order valence-electron chi connectivity index (χ0n) is 13.9. The van der Waals surface area contributed by atoms with Gasteiger partial charge in [-0.15, -0.1) is 0 Å². The maximum atomic E-state index is 12.3. The standard InChI is InChI=1S/C17H22N4O3/c1-17(2)9-11(10-18-17)15(23)19-12-3-5-13(6-4-12)21-8-7-14(22)20-16(21)24/h3-6,11,18H,7-10H2,1-2H3,(H,19,23)(H,20,22,24). The first-order chi connectivity index (χ1) is 11.3. The largest absolute Gasteiger partial charge is 0.328 e.